The standard InChI is InChI=1S/C11H14O2.C10H12O2.C9H10O2.C7H8/c1-9(2)11(12)13-8-10-6-4-3-5-7-10;1-2-10(11)12-8-9-6-4-3-5-7-9;1-8(10)11-7-9-5-3-2-4-6-9;1-7-5-3-2-4-6-7/h3-7,9H,8H2,1-2H3;3-7H,2,8H2,1H3;2-6H,7H2,1H3;2-6H,1H3. The molecule has 0 bridgehead atoms. The molecule has 0 amide bonds. The maximum Gasteiger partial charge on any atom is 0.308 e. The molecule has 0 N–H and O–H groups in total. The molecular formula is C37H44O6. The summed E-state index contributed by atoms with van der Waals surface area (Å²) in [6, 6.07) is 39.2. The van der Waals surface area contributed by atoms with Gasteiger partial charge < -0.3 is 14.2 Å². The molecule has 0 radical (unpaired) electrons. The van der Waals surface area contributed by atoms with Crippen molar-refractivity contribution in [2.45, 2.75) is 60.9 Å². The zero-order chi connectivity index (χ0) is 31.7. The second-order valence-corrected chi connectivity index (χ2v) is 9.67. The summed E-state index contributed by atoms with van der Waals surface area (Å²) < 4.78 is 14.8. The van der Waals surface area contributed by atoms with Gasteiger partial charge in [-0.25, -0.2) is 0 Å². The maximum absolute atomic E-state index is 11.1. The SMILES string of the molecule is CC(=O)OCc1ccccc1.CC(C)C(=O)OCc1ccccc1.CCC(=O)OCc1ccccc1.Cc1ccccc1. The van der Waals surface area contributed by atoms with Gasteiger partial charge in [-0.3, -0.25) is 14.4 Å². The Labute approximate surface area is 256 Å². The molecule has 0 atom stereocenters. The smallest absolute Gasteiger partial charge is 0.308 e. The lowest BCUT2D eigenvalue weighted by molar-refractivity contribution is -0.148. The van der Waals surface area contributed by atoms with E-state index < -0.39 is 0 Å². The first-order valence-electron chi connectivity index (χ1n) is 14.3. The second kappa shape index (κ2) is 22.9. The third-order valence-corrected chi connectivity index (χ3v) is 5.45. The minimum absolute atomic E-state index is 0.0521. The lowest BCUT2D eigenvalue weighted by atomic mass is 10.2. The summed E-state index contributed by atoms with van der Waals surface area (Å²) >= 11 is 0. The van der Waals surface area contributed by atoms with E-state index in [1.807, 2.05) is 123 Å². The van der Waals surface area contributed by atoms with Crippen LogP contribution in [0.1, 0.15) is 56.4 Å². The number of ether oxygens (including phenoxy) is 3. The Hall–Kier alpha value is -4.71. The number of hydrogen-bond donors (Lipinski definition) is 0. The van der Waals surface area contributed by atoms with Crippen LogP contribution < -0.4 is 0 Å². The van der Waals surface area contributed by atoms with Crippen LogP contribution in [-0.2, 0) is 48.4 Å². The lowest BCUT2D eigenvalue weighted by Gasteiger charge is -2.06. The number of esters is 3. The van der Waals surface area contributed by atoms with Gasteiger partial charge in [-0.2, -0.15) is 0 Å². The highest BCUT2D eigenvalue weighted by atomic mass is 16.5. The van der Waals surface area contributed by atoms with E-state index in [2.05, 4.69) is 19.1 Å². The van der Waals surface area contributed by atoms with E-state index in [-0.39, 0.29) is 23.8 Å². The van der Waals surface area contributed by atoms with Crippen molar-refractivity contribution in [3.63, 3.8) is 0 Å². The molecule has 0 aliphatic rings. The summed E-state index contributed by atoms with van der Waals surface area (Å²) in [5.41, 5.74) is 4.39. The Balaban J connectivity index is 0.000000292. The summed E-state index contributed by atoms with van der Waals surface area (Å²) in [7, 11) is 0. The first-order chi connectivity index (χ1) is 20.7. The minimum Gasteiger partial charge on any atom is -0.461 e. The molecule has 43 heavy (non-hydrogen) atoms. The van der Waals surface area contributed by atoms with Crippen LogP contribution in [0.5, 0.6) is 0 Å². The number of benzene rings is 4. The average Bonchev–Trinajstić information content (AvgIpc) is 3.04. The third kappa shape index (κ3) is 19.9. The van der Waals surface area contributed by atoms with Crippen LogP contribution in [-0.4, -0.2) is 17.9 Å². The predicted molar refractivity (Wildman–Crippen MR) is 171 cm³/mol. The van der Waals surface area contributed by atoms with Crippen LogP contribution in [0.2, 0.25) is 0 Å². The van der Waals surface area contributed by atoms with Crippen molar-refractivity contribution in [2.24, 2.45) is 5.92 Å². The Morgan fingerprint density at radius 1 is 0.558 bits per heavy atom. The molecule has 4 aromatic rings. The van der Waals surface area contributed by atoms with E-state index in [9.17, 15) is 14.4 Å². The van der Waals surface area contributed by atoms with E-state index in [1.165, 1.54) is 12.5 Å². The number of carbonyl (C=O) groups is 3. The number of rotatable bonds is 8. The summed E-state index contributed by atoms with van der Waals surface area (Å²) in [5.74, 6) is -0.597. The van der Waals surface area contributed by atoms with E-state index in [0.717, 1.165) is 16.7 Å². The van der Waals surface area contributed by atoms with Crippen LogP contribution in [0.4, 0.5) is 0 Å². The first kappa shape index (κ1) is 36.3. The lowest BCUT2D eigenvalue weighted by Crippen LogP contribution is -2.11. The van der Waals surface area contributed by atoms with Crippen LogP contribution >= 0.6 is 0 Å². The van der Waals surface area contributed by atoms with Gasteiger partial charge in [0.25, 0.3) is 0 Å². The normalized spacial score (nSPS) is 9.44. The molecule has 0 fully saturated rings. The molecule has 4 rings (SSSR count). The molecule has 0 unspecified atom stereocenters. The molecule has 6 nitrogen and oxygen atoms in total. The number of aryl methyl sites for hydroxylation is 1. The van der Waals surface area contributed by atoms with E-state index in [4.69, 9.17) is 14.2 Å². The van der Waals surface area contributed by atoms with Gasteiger partial charge in [0.15, 0.2) is 0 Å². The highest BCUT2D eigenvalue weighted by Crippen LogP contribution is 2.04. The Kier molecular flexibility index (Phi) is 19.4. The molecule has 0 heterocycles. The quantitative estimate of drug-likeness (QED) is 0.153. The summed E-state index contributed by atoms with van der Waals surface area (Å²) in [4.78, 5) is 32.3. The van der Waals surface area contributed by atoms with Crippen LogP contribution in [0, 0.1) is 12.8 Å². The molecule has 0 spiro atoms. The molecule has 0 saturated heterocycles. The Morgan fingerprint density at radius 3 is 1.21 bits per heavy atom. The fraction of sp³-hybridized carbons (Fsp3) is 0.270. The highest BCUT2D eigenvalue weighted by Gasteiger charge is 2.07. The van der Waals surface area contributed by atoms with Gasteiger partial charge in [-0.15, -0.1) is 0 Å². The Bertz CT molecular complexity index is 1270. The zero-order valence-electron chi connectivity index (χ0n) is 25.9. The second-order valence-electron chi connectivity index (χ2n) is 9.67. The van der Waals surface area contributed by atoms with Gasteiger partial charge in [0.2, 0.25) is 0 Å². The first-order valence-corrected chi connectivity index (χ1v) is 14.3. The number of carbonyl (C=O) groups excluding carboxylic acids is 3. The summed E-state index contributed by atoms with van der Waals surface area (Å²) in [5, 5.41) is 0. The van der Waals surface area contributed by atoms with E-state index in [1.54, 1.807) is 6.92 Å². The van der Waals surface area contributed by atoms with Crippen molar-refractivity contribution in [2.75, 3.05) is 0 Å². The van der Waals surface area contributed by atoms with Gasteiger partial charge >= 0.3 is 17.9 Å². The summed E-state index contributed by atoms with van der Waals surface area (Å²) in [6.45, 7) is 10.1. The van der Waals surface area contributed by atoms with Crippen LogP contribution in [0.15, 0.2) is 121 Å². The molecule has 4 aromatic carbocycles. The van der Waals surface area contributed by atoms with Crippen molar-refractivity contribution < 1.29 is 28.6 Å². The largest absolute Gasteiger partial charge is 0.461 e. The van der Waals surface area contributed by atoms with Gasteiger partial charge in [0.1, 0.15) is 19.8 Å². The van der Waals surface area contributed by atoms with Gasteiger partial charge in [0.05, 0.1) is 5.92 Å². The topological polar surface area (TPSA) is 78.9 Å². The predicted octanol–water partition coefficient (Wildman–Crippen LogP) is 8.27. The molecule has 0 aliphatic heterocycles. The van der Waals surface area contributed by atoms with Crippen LogP contribution in [0.25, 0.3) is 0 Å². The maximum atomic E-state index is 11.1. The Morgan fingerprint density at radius 2 is 0.907 bits per heavy atom. The van der Waals surface area contributed by atoms with Crippen LogP contribution in [0.3, 0.4) is 0 Å². The molecule has 0 aromatic heterocycles. The average molecular weight is 585 g/mol. The molecule has 6 heteroatoms. The van der Waals surface area contributed by atoms with E-state index in [0.29, 0.717) is 26.2 Å². The fourth-order valence-corrected chi connectivity index (χ4v) is 3.03. The van der Waals surface area contributed by atoms with Crippen molar-refractivity contribution in [3.8, 4) is 0 Å². The molecule has 0 saturated carbocycles. The summed E-state index contributed by atoms with van der Waals surface area (Å²) in [6.07, 6.45) is 0.437. The van der Waals surface area contributed by atoms with Gasteiger partial charge in [-0.1, -0.05) is 148 Å². The van der Waals surface area contributed by atoms with E-state index >= 15 is 0 Å². The highest BCUT2D eigenvalue weighted by molar-refractivity contribution is 5.71. The third-order valence-electron chi connectivity index (χ3n) is 5.45. The van der Waals surface area contributed by atoms with Gasteiger partial charge in [0, 0.05) is 13.3 Å². The number of hydrogen-bond acceptors (Lipinski definition) is 6. The minimum atomic E-state index is -0.242. The molecular weight excluding hydrogens is 540 g/mol. The fourth-order valence-electron chi connectivity index (χ4n) is 3.03. The zero-order valence-corrected chi connectivity index (χ0v) is 25.9. The molecule has 0 aliphatic carbocycles. The van der Waals surface area contributed by atoms with Crippen molar-refractivity contribution in [3.05, 3.63) is 144 Å². The van der Waals surface area contributed by atoms with Crippen molar-refractivity contribution >= 4 is 17.9 Å². The van der Waals surface area contributed by atoms with Crippen molar-refractivity contribution in [1.82, 2.24) is 0 Å². The van der Waals surface area contributed by atoms with Gasteiger partial charge in [-0.05, 0) is 23.6 Å². The monoisotopic (exact) mass is 584 g/mol. The van der Waals surface area contributed by atoms with Crippen molar-refractivity contribution in [1.29, 1.82) is 0 Å². The molecule has 228 valence electrons.